The number of hydrogen-bond acceptors (Lipinski definition) is 7. The number of esters is 1. The molecular formula is C28H43NO7S. The molecule has 0 bridgehead atoms. The van der Waals surface area contributed by atoms with Crippen molar-refractivity contribution in [3.05, 3.63) is 11.6 Å². The molecule has 5 aliphatic rings. The van der Waals surface area contributed by atoms with Gasteiger partial charge in [-0.15, -0.1) is 0 Å². The van der Waals surface area contributed by atoms with Crippen LogP contribution in [-0.4, -0.2) is 63.0 Å². The van der Waals surface area contributed by atoms with Crippen LogP contribution in [0.4, 0.5) is 0 Å². The van der Waals surface area contributed by atoms with E-state index in [0.717, 1.165) is 49.0 Å². The predicted octanol–water partition coefficient (Wildman–Crippen LogP) is 3.85. The van der Waals surface area contributed by atoms with Gasteiger partial charge in [-0.3, -0.25) is 0 Å². The molecule has 4 aliphatic carbocycles. The molecule has 4 fully saturated rings. The minimum absolute atomic E-state index is 0.119. The molecule has 0 aromatic carbocycles. The number of cyclic esters (lactones) is 1. The summed E-state index contributed by atoms with van der Waals surface area (Å²) in [5.74, 6) is -0.470. The van der Waals surface area contributed by atoms with Crippen LogP contribution >= 0.6 is 11.8 Å². The molecule has 8 atom stereocenters. The summed E-state index contributed by atoms with van der Waals surface area (Å²) in [5.41, 5.74) is 6.51. The number of carboxylic acids is 2. The van der Waals surface area contributed by atoms with E-state index in [1.807, 2.05) is 0 Å². The van der Waals surface area contributed by atoms with Crippen molar-refractivity contribution in [1.29, 1.82) is 0 Å². The van der Waals surface area contributed by atoms with Crippen molar-refractivity contribution in [1.82, 2.24) is 0 Å². The topological polar surface area (TPSA) is 147 Å². The summed E-state index contributed by atoms with van der Waals surface area (Å²) in [4.78, 5) is 29.9. The third-order valence-electron chi connectivity index (χ3n) is 10.8. The van der Waals surface area contributed by atoms with Crippen LogP contribution in [0.2, 0.25) is 0 Å². The third kappa shape index (κ3) is 5.08. The Morgan fingerprint density at radius 1 is 1.05 bits per heavy atom. The lowest BCUT2D eigenvalue weighted by Crippen LogP contribution is -2.62. The Morgan fingerprint density at radius 3 is 2.41 bits per heavy atom. The van der Waals surface area contributed by atoms with Gasteiger partial charge in [0.15, 0.2) is 0 Å². The number of carboxylic acid groups (broad SMARTS) is 2. The van der Waals surface area contributed by atoms with E-state index in [1.54, 1.807) is 6.08 Å². The fourth-order valence-electron chi connectivity index (χ4n) is 8.86. The fourth-order valence-corrected chi connectivity index (χ4v) is 10.2. The summed E-state index contributed by atoms with van der Waals surface area (Å²) >= 11 is 2.16. The summed E-state index contributed by atoms with van der Waals surface area (Å²) in [6, 6.07) is 0. The first kappa shape index (κ1) is 28.4. The van der Waals surface area contributed by atoms with Gasteiger partial charge in [-0.25, -0.2) is 14.4 Å². The number of carbonyl (C=O) groups is 3. The molecule has 0 aromatic rings. The van der Waals surface area contributed by atoms with Crippen LogP contribution in [0.5, 0.6) is 0 Å². The second-order valence-corrected chi connectivity index (χ2v) is 13.7. The Labute approximate surface area is 223 Å². The second-order valence-electron chi connectivity index (χ2n) is 12.3. The first-order chi connectivity index (χ1) is 17.5. The molecule has 9 heteroatoms. The van der Waals surface area contributed by atoms with Crippen LogP contribution in [0.15, 0.2) is 11.6 Å². The van der Waals surface area contributed by atoms with Gasteiger partial charge in [-0.05, 0) is 111 Å². The number of hydrogen-bond donors (Lipinski definition) is 4. The Bertz CT molecular complexity index is 927. The molecule has 208 valence electrons. The van der Waals surface area contributed by atoms with E-state index < -0.39 is 17.5 Å². The molecule has 0 amide bonds. The van der Waals surface area contributed by atoms with Crippen molar-refractivity contribution >= 4 is 29.7 Å². The number of thioether (sulfide) groups is 1. The molecule has 0 spiro atoms. The lowest BCUT2D eigenvalue weighted by atomic mass is 9.43. The largest absolute Gasteiger partial charge is 0.473 e. The van der Waals surface area contributed by atoms with Gasteiger partial charge in [-0.1, -0.05) is 13.8 Å². The van der Waals surface area contributed by atoms with Gasteiger partial charge in [0, 0.05) is 16.7 Å². The smallest absolute Gasteiger partial charge is 0.414 e. The van der Waals surface area contributed by atoms with Crippen LogP contribution < -0.4 is 5.73 Å². The second kappa shape index (κ2) is 10.9. The van der Waals surface area contributed by atoms with Gasteiger partial charge in [0.1, 0.15) is 6.61 Å². The van der Waals surface area contributed by atoms with Gasteiger partial charge in [0.25, 0.3) is 0 Å². The fraction of sp³-hybridized carbons (Fsp3) is 0.821. The van der Waals surface area contributed by atoms with Crippen molar-refractivity contribution in [2.24, 2.45) is 40.2 Å². The van der Waals surface area contributed by atoms with E-state index >= 15 is 0 Å². The van der Waals surface area contributed by atoms with Crippen LogP contribution in [0.25, 0.3) is 0 Å². The third-order valence-corrected chi connectivity index (χ3v) is 12.2. The molecule has 1 heterocycles. The summed E-state index contributed by atoms with van der Waals surface area (Å²) in [5, 5.41) is 27.9. The molecular weight excluding hydrogens is 494 g/mol. The summed E-state index contributed by atoms with van der Waals surface area (Å²) in [6.45, 7) is 6.13. The zero-order chi connectivity index (χ0) is 27.0. The number of aliphatic carboxylic acids is 2. The zero-order valence-electron chi connectivity index (χ0n) is 22.1. The number of aliphatic hydroxyl groups is 1. The van der Waals surface area contributed by atoms with Crippen molar-refractivity contribution in [2.45, 2.75) is 88.9 Å². The number of nitrogens with two attached hydrogens (primary N) is 1. The van der Waals surface area contributed by atoms with Gasteiger partial charge in [-0.2, -0.15) is 11.8 Å². The first-order valence-electron chi connectivity index (χ1n) is 13.8. The van der Waals surface area contributed by atoms with Crippen molar-refractivity contribution in [3.63, 3.8) is 0 Å². The van der Waals surface area contributed by atoms with E-state index in [4.69, 9.17) is 30.3 Å². The molecule has 8 nitrogen and oxygen atoms in total. The highest BCUT2D eigenvalue weighted by molar-refractivity contribution is 7.99. The predicted molar refractivity (Wildman–Crippen MR) is 141 cm³/mol. The van der Waals surface area contributed by atoms with Gasteiger partial charge >= 0.3 is 17.9 Å². The molecule has 0 unspecified atom stereocenters. The minimum Gasteiger partial charge on any atom is -0.473 e. The van der Waals surface area contributed by atoms with E-state index in [2.05, 4.69) is 25.6 Å². The van der Waals surface area contributed by atoms with Gasteiger partial charge in [0.05, 0.1) is 5.60 Å². The Hall–Kier alpha value is -1.58. The summed E-state index contributed by atoms with van der Waals surface area (Å²) in [6.07, 6.45) is 13.5. The summed E-state index contributed by atoms with van der Waals surface area (Å²) in [7, 11) is 0. The molecule has 4 saturated carbocycles. The number of fused-ring (bicyclic) bond motifs is 5. The van der Waals surface area contributed by atoms with Crippen LogP contribution in [-0.2, 0) is 19.1 Å². The number of ether oxygens (including phenoxy) is 1. The molecule has 0 aromatic heterocycles. The highest BCUT2D eigenvalue weighted by Gasteiger charge is 2.67. The summed E-state index contributed by atoms with van der Waals surface area (Å²) < 4.78 is 5.25. The van der Waals surface area contributed by atoms with E-state index in [-0.39, 0.29) is 11.4 Å². The molecule has 1 aliphatic heterocycles. The monoisotopic (exact) mass is 537 g/mol. The maximum atomic E-state index is 12.3. The van der Waals surface area contributed by atoms with Gasteiger partial charge < -0.3 is 25.8 Å². The Kier molecular flexibility index (Phi) is 8.37. The molecule has 5 N–H and O–H groups in total. The maximum Gasteiger partial charge on any atom is 0.414 e. The van der Waals surface area contributed by atoms with Crippen molar-refractivity contribution < 1.29 is 34.4 Å². The van der Waals surface area contributed by atoms with Gasteiger partial charge in [0.2, 0.25) is 0 Å². The van der Waals surface area contributed by atoms with Crippen molar-refractivity contribution in [2.75, 3.05) is 18.9 Å². The van der Waals surface area contributed by atoms with Crippen LogP contribution in [0.3, 0.4) is 0 Å². The van der Waals surface area contributed by atoms with Crippen LogP contribution in [0.1, 0.15) is 78.1 Å². The molecule has 5 rings (SSSR count). The minimum atomic E-state index is -1.82. The average Bonchev–Trinajstić information content (AvgIpc) is 3.39. The van der Waals surface area contributed by atoms with E-state index in [9.17, 15) is 9.90 Å². The standard InChI is InChI=1S/C26H41NO3S.C2H2O4/c1-24-9-6-19(31-13-3-12-27)15-18(24)4-5-22-21(24)7-10-25(2)20(8-11-26(22,25)29)17-14-23(28)30-16-17;3-1(4)2(5)6/h14,18-22,29H,3-13,15-16,27H2,1-2H3;(H,3,4)(H,5,6)/t18-,19+,20-,21+,22-,24+,25-,26+;/m1./s1. The highest BCUT2D eigenvalue weighted by atomic mass is 32.2. The average molecular weight is 538 g/mol. The van der Waals surface area contributed by atoms with E-state index in [0.29, 0.717) is 29.8 Å². The first-order valence-corrected chi connectivity index (χ1v) is 14.9. The lowest BCUT2D eigenvalue weighted by molar-refractivity contribution is -0.203. The molecule has 37 heavy (non-hydrogen) atoms. The lowest BCUT2D eigenvalue weighted by Gasteiger charge is -2.64. The highest BCUT2D eigenvalue weighted by Crippen LogP contribution is 2.70. The SMILES string of the molecule is C[C@]12CC[C@H](SCCCN)C[C@H]1CC[C@@H]1[C@@H]2CC[C@]2(C)[C@@H](C3=CC(=O)OC3)CC[C@]12O.O=C(O)C(=O)O. The Balaban J connectivity index is 0.000000480. The Morgan fingerprint density at radius 2 is 1.78 bits per heavy atom. The quantitative estimate of drug-likeness (QED) is 0.233. The number of rotatable bonds is 5. The molecule has 0 radical (unpaired) electrons. The van der Waals surface area contributed by atoms with Crippen molar-refractivity contribution in [3.8, 4) is 0 Å². The van der Waals surface area contributed by atoms with E-state index in [1.165, 1.54) is 44.3 Å². The zero-order valence-corrected chi connectivity index (χ0v) is 22.9. The normalized spacial score (nSPS) is 42.3. The molecule has 0 saturated heterocycles. The van der Waals surface area contributed by atoms with Crippen LogP contribution in [0, 0.1) is 34.5 Å². The number of carbonyl (C=O) groups excluding carboxylic acids is 1. The maximum absolute atomic E-state index is 12.3.